The molecule has 1 saturated heterocycles. The first-order valence-electron chi connectivity index (χ1n) is 8.11. The number of rotatable bonds is 4. The fourth-order valence-corrected chi connectivity index (χ4v) is 4.12. The maximum atomic E-state index is 9.37. The molecule has 4 rings (SSSR count). The molecule has 1 aliphatic rings. The highest BCUT2D eigenvalue weighted by Gasteiger charge is 2.25. The molecule has 1 fully saturated rings. The van der Waals surface area contributed by atoms with Gasteiger partial charge in [0.1, 0.15) is 5.82 Å². The van der Waals surface area contributed by atoms with Crippen molar-refractivity contribution in [3.8, 4) is 11.1 Å². The van der Waals surface area contributed by atoms with Crippen molar-refractivity contribution < 1.29 is 5.11 Å². The van der Waals surface area contributed by atoms with Gasteiger partial charge in [-0.2, -0.15) is 21.0 Å². The van der Waals surface area contributed by atoms with Crippen LogP contribution in [0.3, 0.4) is 0 Å². The summed E-state index contributed by atoms with van der Waals surface area (Å²) in [4.78, 5) is 6.94. The van der Waals surface area contributed by atoms with Crippen molar-refractivity contribution in [2.24, 2.45) is 0 Å². The SMILES string of the molecule is OCCC1CCCCN1c1ccnc2c(-c3ccsc3)cnn12. The number of fused-ring (bicyclic) bond motifs is 1. The number of aliphatic hydroxyl groups excluding tert-OH is 1. The number of thiophene rings is 1. The molecule has 1 aliphatic heterocycles. The minimum atomic E-state index is 0.231. The molecule has 120 valence electrons. The van der Waals surface area contributed by atoms with Crippen LogP contribution in [0.25, 0.3) is 16.8 Å². The first-order chi connectivity index (χ1) is 11.4. The number of nitrogens with zero attached hydrogens (tertiary/aromatic N) is 4. The van der Waals surface area contributed by atoms with Crippen molar-refractivity contribution in [2.75, 3.05) is 18.1 Å². The molecule has 23 heavy (non-hydrogen) atoms. The second-order valence-electron chi connectivity index (χ2n) is 5.96. The lowest BCUT2D eigenvalue weighted by molar-refractivity contribution is 0.262. The van der Waals surface area contributed by atoms with Gasteiger partial charge in [-0.15, -0.1) is 0 Å². The van der Waals surface area contributed by atoms with Crippen LogP contribution >= 0.6 is 11.3 Å². The largest absolute Gasteiger partial charge is 0.396 e. The van der Waals surface area contributed by atoms with E-state index in [4.69, 9.17) is 0 Å². The molecule has 0 amide bonds. The fourth-order valence-electron chi connectivity index (χ4n) is 3.47. The van der Waals surface area contributed by atoms with Gasteiger partial charge in [0, 0.05) is 31.0 Å². The lowest BCUT2D eigenvalue weighted by Crippen LogP contribution is -2.41. The van der Waals surface area contributed by atoms with E-state index in [1.54, 1.807) is 11.3 Å². The summed E-state index contributed by atoms with van der Waals surface area (Å²) in [5.41, 5.74) is 3.14. The highest BCUT2D eigenvalue weighted by atomic mass is 32.1. The zero-order chi connectivity index (χ0) is 15.6. The van der Waals surface area contributed by atoms with Crippen LogP contribution in [0.4, 0.5) is 5.82 Å². The minimum Gasteiger partial charge on any atom is -0.396 e. The van der Waals surface area contributed by atoms with Crippen LogP contribution < -0.4 is 4.90 Å². The second-order valence-corrected chi connectivity index (χ2v) is 6.74. The molecule has 0 spiro atoms. The van der Waals surface area contributed by atoms with E-state index in [0.29, 0.717) is 6.04 Å². The molecule has 0 radical (unpaired) electrons. The molecule has 0 aromatic carbocycles. The smallest absolute Gasteiger partial charge is 0.165 e. The monoisotopic (exact) mass is 328 g/mol. The first kappa shape index (κ1) is 14.7. The number of piperidine rings is 1. The minimum absolute atomic E-state index is 0.231. The third-order valence-electron chi connectivity index (χ3n) is 4.60. The highest BCUT2D eigenvalue weighted by molar-refractivity contribution is 7.08. The lowest BCUT2D eigenvalue weighted by Gasteiger charge is -2.37. The van der Waals surface area contributed by atoms with Gasteiger partial charge in [-0.05, 0) is 54.1 Å². The molecular weight excluding hydrogens is 308 g/mol. The van der Waals surface area contributed by atoms with Crippen LogP contribution in [0, 0.1) is 0 Å². The Hall–Kier alpha value is -1.92. The number of hydrogen-bond donors (Lipinski definition) is 1. The van der Waals surface area contributed by atoms with Crippen molar-refractivity contribution >= 4 is 22.8 Å². The van der Waals surface area contributed by atoms with Crippen LogP contribution in [-0.2, 0) is 0 Å². The topological polar surface area (TPSA) is 53.7 Å². The Labute approximate surface area is 139 Å². The summed E-state index contributed by atoms with van der Waals surface area (Å²) in [7, 11) is 0. The molecule has 5 nitrogen and oxygen atoms in total. The van der Waals surface area contributed by atoms with Gasteiger partial charge in [-0.25, -0.2) is 4.98 Å². The van der Waals surface area contributed by atoms with Crippen LogP contribution in [-0.4, -0.2) is 38.9 Å². The quantitative estimate of drug-likeness (QED) is 0.799. The number of hydrogen-bond acceptors (Lipinski definition) is 5. The summed E-state index contributed by atoms with van der Waals surface area (Å²) in [5.74, 6) is 1.08. The molecule has 3 aromatic rings. The fraction of sp³-hybridized carbons (Fsp3) is 0.412. The van der Waals surface area contributed by atoms with E-state index in [0.717, 1.165) is 36.4 Å². The molecule has 6 heteroatoms. The summed E-state index contributed by atoms with van der Waals surface area (Å²) < 4.78 is 1.95. The number of anilines is 1. The number of aromatic nitrogens is 3. The summed E-state index contributed by atoms with van der Waals surface area (Å²) in [6.45, 7) is 1.24. The Morgan fingerprint density at radius 3 is 3.09 bits per heavy atom. The Morgan fingerprint density at radius 1 is 1.30 bits per heavy atom. The van der Waals surface area contributed by atoms with Gasteiger partial charge in [0.05, 0.1) is 6.20 Å². The second kappa shape index (κ2) is 6.29. The van der Waals surface area contributed by atoms with Crippen LogP contribution in [0.2, 0.25) is 0 Å². The third kappa shape index (κ3) is 2.62. The van der Waals surface area contributed by atoms with Crippen molar-refractivity contribution in [1.82, 2.24) is 14.6 Å². The molecule has 1 unspecified atom stereocenters. The molecule has 1 atom stereocenters. The van der Waals surface area contributed by atoms with E-state index in [1.165, 1.54) is 18.4 Å². The van der Waals surface area contributed by atoms with Gasteiger partial charge in [-0.3, -0.25) is 0 Å². The van der Waals surface area contributed by atoms with Gasteiger partial charge < -0.3 is 10.0 Å². The van der Waals surface area contributed by atoms with Gasteiger partial charge in [0.25, 0.3) is 0 Å². The van der Waals surface area contributed by atoms with Crippen molar-refractivity contribution in [3.05, 3.63) is 35.3 Å². The van der Waals surface area contributed by atoms with Crippen LogP contribution in [0.5, 0.6) is 0 Å². The van der Waals surface area contributed by atoms with Gasteiger partial charge >= 0.3 is 0 Å². The third-order valence-corrected chi connectivity index (χ3v) is 5.28. The normalized spacial score (nSPS) is 18.7. The van der Waals surface area contributed by atoms with Crippen LogP contribution in [0.1, 0.15) is 25.7 Å². The molecule has 0 saturated carbocycles. The summed E-state index contributed by atoms with van der Waals surface area (Å²) in [6, 6.07) is 4.52. The van der Waals surface area contributed by atoms with Crippen molar-refractivity contribution in [2.45, 2.75) is 31.7 Å². The maximum absolute atomic E-state index is 9.37. The molecular formula is C17H20N4OS. The van der Waals surface area contributed by atoms with Crippen LogP contribution in [0.15, 0.2) is 35.3 Å². The highest BCUT2D eigenvalue weighted by Crippen LogP contribution is 2.30. The van der Waals surface area contributed by atoms with E-state index in [-0.39, 0.29) is 6.61 Å². The Balaban J connectivity index is 1.78. The molecule has 4 heterocycles. The molecule has 3 aromatic heterocycles. The number of aliphatic hydroxyl groups is 1. The Kier molecular flexibility index (Phi) is 4.01. The van der Waals surface area contributed by atoms with Gasteiger partial charge in [-0.1, -0.05) is 0 Å². The van der Waals surface area contributed by atoms with E-state index in [9.17, 15) is 5.11 Å². The predicted molar refractivity (Wildman–Crippen MR) is 93.0 cm³/mol. The van der Waals surface area contributed by atoms with E-state index in [2.05, 4.69) is 31.8 Å². The zero-order valence-electron chi connectivity index (χ0n) is 12.9. The summed E-state index contributed by atoms with van der Waals surface area (Å²) in [5, 5.41) is 18.2. The average molecular weight is 328 g/mol. The van der Waals surface area contributed by atoms with E-state index >= 15 is 0 Å². The lowest BCUT2D eigenvalue weighted by atomic mass is 10.00. The molecule has 0 aliphatic carbocycles. The average Bonchev–Trinajstić information content (AvgIpc) is 3.24. The standard InChI is InChI=1S/C17H20N4OS/c22-9-5-14-3-1-2-8-20(14)16-4-7-18-17-15(11-19-21(16)17)13-6-10-23-12-13/h4,6-7,10-12,14,22H,1-3,5,8-9H2. The molecule has 0 bridgehead atoms. The van der Waals surface area contributed by atoms with Crippen molar-refractivity contribution in [1.29, 1.82) is 0 Å². The van der Waals surface area contributed by atoms with E-state index in [1.807, 2.05) is 23.0 Å². The van der Waals surface area contributed by atoms with Gasteiger partial charge in [0.2, 0.25) is 0 Å². The summed E-state index contributed by atoms with van der Waals surface area (Å²) in [6.07, 6.45) is 8.12. The molecule has 1 N–H and O–H groups in total. The Morgan fingerprint density at radius 2 is 2.26 bits per heavy atom. The van der Waals surface area contributed by atoms with E-state index < -0.39 is 0 Å². The maximum Gasteiger partial charge on any atom is 0.165 e. The Bertz CT molecular complexity index is 781. The van der Waals surface area contributed by atoms with Gasteiger partial charge in [0.15, 0.2) is 5.65 Å². The predicted octanol–water partition coefficient (Wildman–Crippen LogP) is 3.20. The summed E-state index contributed by atoms with van der Waals surface area (Å²) >= 11 is 1.68. The zero-order valence-corrected chi connectivity index (χ0v) is 13.7. The van der Waals surface area contributed by atoms with Crippen molar-refractivity contribution in [3.63, 3.8) is 0 Å². The first-order valence-corrected chi connectivity index (χ1v) is 9.05.